The molecule has 0 saturated heterocycles. The summed E-state index contributed by atoms with van der Waals surface area (Å²) in [6, 6.07) is 6.30. The molecule has 2 aromatic rings. The van der Waals surface area contributed by atoms with Crippen molar-refractivity contribution in [1.82, 2.24) is 14.5 Å². The molecule has 0 aliphatic rings. The second kappa shape index (κ2) is 8.70. The van der Waals surface area contributed by atoms with Crippen molar-refractivity contribution in [2.24, 2.45) is 0 Å². The number of imidazole rings is 1. The summed E-state index contributed by atoms with van der Waals surface area (Å²) in [5.74, 6) is 1.99. The molecule has 0 fully saturated rings. The average molecular weight is 317 g/mol. The minimum Gasteiger partial charge on any atom is -0.492 e. The highest BCUT2D eigenvalue weighted by Gasteiger charge is 2.07. The number of aryl methyl sites for hydroxylation is 2. The first-order chi connectivity index (χ1) is 11.1. The van der Waals surface area contributed by atoms with E-state index in [2.05, 4.69) is 53.5 Å². The summed E-state index contributed by atoms with van der Waals surface area (Å²) in [6.07, 6.45) is 3.83. The molecule has 0 atom stereocenters. The molecule has 5 heteroatoms. The molecule has 0 spiro atoms. The maximum atomic E-state index is 5.86. The highest BCUT2D eigenvalue weighted by molar-refractivity contribution is 5.32. The second-order valence-electron chi connectivity index (χ2n) is 5.94. The molecular formula is C18H27N3O2. The zero-order chi connectivity index (χ0) is 16.7. The maximum Gasteiger partial charge on any atom is 0.122 e. The Hall–Kier alpha value is -1.85. The van der Waals surface area contributed by atoms with Crippen molar-refractivity contribution < 1.29 is 9.47 Å². The molecular weight excluding hydrogens is 290 g/mol. The predicted molar refractivity (Wildman–Crippen MR) is 91.8 cm³/mol. The fourth-order valence-electron chi connectivity index (χ4n) is 2.54. The molecule has 1 heterocycles. The lowest BCUT2D eigenvalue weighted by molar-refractivity contribution is 0.183. The van der Waals surface area contributed by atoms with E-state index in [9.17, 15) is 0 Å². The van der Waals surface area contributed by atoms with Crippen molar-refractivity contribution in [3.8, 4) is 5.75 Å². The van der Waals surface area contributed by atoms with Crippen LogP contribution in [0.1, 0.15) is 17.0 Å². The first-order valence-electron chi connectivity index (χ1n) is 7.97. The van der Waals surface area contributed by atoms with Gasteiger partial charge in [0.2, 0.25) is 0 Å². The third-order valence-corrected chi connectivity index (χ3v) is 3.69. The van der Waals surface area contributed by atoms with Crippen LogP contribution in [0, 0.1) is 13.8 Å². The molecule has 0 radical (unpaired) electrons. The summed E-state index contributed by atoms with van der Waals surface area (Å²) in [6.45, 7) is 8.02. The maximum absolute atomic E-state index is 5.86. The van der Waals surface area contributed by atoms with Gasteiger partial charge < -0.3 is 14.0 Å². The van der Waals surface area contributed by atoms with E-state index in [1.165, 1.54) is 11.1 Å². The molecule has 0 N–H and O–H groups in total. The number of likely N-dealkylation sites (N-methyl/N-ethyl adjacent to an activating group) is 1. The van der Waals surface area contributed by atoms with Gasteiger partial charge in [0.25, 0.3) is 0 Å². The van der Waals surface area contributed by atoms with Crippen molar-refractivity contribution in [1.29, 1.82) is 0 Å². The Morgan fingerprint density at radius 3 is 2.57 bits per heavy atom. The zero-order valence-corrected chi connectivity index (χ0v) is 14.6. The third kappa shape index (κ3) is 5.69. The van der Waals surface area contributed by atoms with E-state index >= 15 is 0 Å². The van der Waals surface area contributed by atoms with Gasteiger partial charge in [0.05, 0.1) is 13.2 Å². The SMILES string of the molecule is COCCn1ccnc1CN(C)CCOc1cc(C)cc(C)c1. The standard InChI is InChI=1S/C18H27N3O2/c1-15-11-16(2)13-17(12-15)23-10-7-20(3)14-18-19-5-6-21(18)8-9-22-4/h5-6,11-13H,7-10,14H2,1-4H3. The van der Waals surface area contributed by atoms with Gasteiger partial charge in [0.1, 0.15) is 18.2 Å². The largest absolute Gasteiger partial charge is 0.492 e. The van der Waals surface area contributed by atoms with E-state index < -0.39 is 0 Å². The first-order valence-corrected chi connectivity index (χ1v) is 7.97. The van der Waals surface area contributed by atoms with Crippen molar-refractivity contribution in [2.75, 3.05) is 33.9 Å². The van der Waals surface area contributed by atoms with Crippen LogP contribution in [0.15, 0.2) is 30.6 Å². The van der Waals surface area contributed by atoms with Crippen LogP contribution >= 0.6 is 0 Å². The van der Waals surface area contributed by atoms with E-state index in [1.54, 1.807) is 7.11 Å². The number of hydrogen-bond acceptors (Lipinski definition) is 4. The van der Waals surface area contributed by atoms with Crippen LogP contribution in [-0.2, 0) is 17.8 Å². The monoisotopic (exact) mass is 317 g/mol. The summed E-state index contributed by atoms with van der Waals surface area (Å²) >= 11 is 0. The molecule has 0 saturated carbocycles. The molecule has 126 valence electrons. The van der Waals surface area contributed by atoms with Gasteiger partial charge in [-0.25, -0.2) is 4.98 Å². The number of aromatic nitrogens is 2. The van der Waals surface area contributed by atoms with Crippen LogP contribution in [-0.4, -0.2) is 48.4 Å². The molecule has 23 heavy (non-hydrogen) atoms. The lowest BCUT2D eigenvalue weighted by atomic mass is 10.1. The number of nitrogens with zero attached hydrogens (tertiary/aromatic N) is 3. The molecule has 0 unspecified atom stereocenters. The molecule has 0 aliphatic carbocycles. The lowest BCUT2D eigenvalue weighted by Crippen LogP contribution is -2.25. The van der Waals surface area contributed by atoms with E-state index in [1.807, 2.05) is 12.4 Å². The van der Waals surface area contributed by atoms with E-state index in [4.69, 9.17) is 9.47 Å². The van der Waals surface area contributed by atoms with Gasteiger partial charge in [0, 0.05) is 32.6 Å². The molecule has 0 aliphatic heterocycles. The minimum atomic E-state index is 0.665. The highest BCUT2D eigenvalue weighted by atomic mass is 16.5. The minimum absolute atomic E-state index is 0.665. The molecule has 0 amide bonds. The predicted octanol–water partition coefficient (Wildman–Crippen LogP) is 2.66. The molecule has 1 aromatic carbocycles. The number of methoxy groups -OCH3 is 1. The fourth-order valence-corrected chi connectivity index (χ4v) is 2.54. The van der Waals surface area contributed by atoms with E-state index in [0.29, 0.717) is 13.2 Å². The van der Waals surface area contributed by atoms with Crippen LogP contribution in [0.2, 0.25) is 0 Å². The Labute approximate surface area is 138 Å². The molecule has 2 rings (SSSR count). The van der Waals surface area contributed by atoms with Crippen molar-refractivity contribution >= 4 is 0 Å². The molecule has 1 aromatic heterocycles. The Morgan fingerprint density at radius 2 is 1.87 bits per heavy atom. The summed E-state index contributed by atoms with van der Waals surface area (Å²) in [4.78, 5) is 6.64. The molecule has 5 nitrogen and oxygen atoms in total. The Morgan fingerprint density at radius 1 is 1.13 bits per heavy atom. The summed E-state index contributed by atoms with van der Waals surface area (Å²) < 4.78 is 13.1. The number of rotatable bonds is 9. The summed E-state index contributed by atoms with van der Waals surface area (Å²) in [7, 11) is 3.80. The van der Waals surface area contributed by atoms with E-state index in [0.717, 1.165) is 31.2 Å². The third-order valence-electron chi connectivity index (χ3n) is 3.69. The van der Waals surface area contributed by atoms with Crippen LogP contribution in [0.3, 0.4) is 0 Å². The van der Waals surface area contributed by atoms with Crippen LogP contribution in [0.5, 0.6) is 5.75 Å². The number of ether oxygens (including phenoxy) is 2. The van der Waals surface area contributed by atoms with Crippen LogP contribution in [0.4, 0.5) is 0 Å². The zero-order valence-electron chi connectivity index (χ0n) is 14.6. The van der Waals surface area contributed by atoms with Gasteiger partial charge in [-0.05, 0) is 44.2 Å². The van der Waals surface area contributed by atoms with Crippen LogP contribution < -0.4 is 4.74 Å². The summed E-state index contributed by atoms with van der Waals surface area (Å²) in [5, 5.41) is 0. The second-order valence-corrected chi connectivity index (χ2v) is 5.94. The number of hydrogen-bond donors (Lipinski definition) is 0. The van der Waals surface area contributed by atoms with Crippen LogP contribution in [0.25, 0.3) is 0 Å². The Kier molecular flexibility index (Phi) is 6.62. The smallest absolute Gasteiger partial charge is 0.122 e. The average Bonchev–Trinajstić information content (AvgIpc) is 2.91. The van der Waals surface area contributed by atoms with Gasteiger partial charge >= 0.3 is 0 Å². The Bertz CT molecular complexity index is 590. The quantitative estimate of drug-likeness (QED) is 0.713. The van der Waals surface area contributed by atoms with Crippen molar-refractivity contribution in [2.45, 2.75) is 26.9 Å². The summed E-state index contributed by atoms with van der Waals surface area (Å²) in [5.41, 5.74) is 2.46. The lowest BCUT2D eigenvalue weighted by Gasteiger charge is -2.18. The van der Waals surface area contributed by atoms with Crippen molar-refractivity contribution in [3.05, 3.63) is 47.5 Å². The topological polar surface area (TPSA) is 39.5 Å². The van der Waals surface area contributed by atoms with Gasteiger partial charge in [-0.3, -0.25) is 4.90 Å². The van der Waals surface area contributed by atoms with Crippen molar-refractivity contribution in [3.63, 3.8) is 0 Å². The first kappa shape index (κ1) is 17.5. The Balaban J connectivity index is 1.79. The normalized spacial score (nSPS) is 11.2. The van der Waals surface area contributed by atoms with Gasteiger partial charge in [-0.1, -0.05) is 6.07 Å². The highest BCUT2D eigenvalue weighted by Crippen LogP contribution is 2.16. The van der Waals surface area contributed by atoms with Gasteiger partial charge in [-0.2, -0.15) is 0 Å². The van der Waals surface area contributed by atoms with Gasteiger partial charge in [-0.15, -0.1) is 0 Å². The fraction of sp³-hybridized carbons (Fsp3) is 0.500. The van der Waals surface area contributed by atoms with E-state index in [-0.39, 0.29) is 0 Å². The molecule has 0 bridgehead atoms. The number of benzene rings is 1. The van der Waals surface area contributed by atoms with Gasteiger partial charge in [0.15, 0.2) is 0 Å².